The average molecular weight is 466 g/mol. The first-order chi connectivity index (χ1) is 15.8. The molecule has 0 aliphatic heterocycles. The molecule has 34 heavy (non-hydrogen) atoms. The lowest BCUT2D eigenvalue weighted by molar-refractivity contribution is -0.182. The Morgan fingerprint density at radius 1 is 1.06 bits per heavy atom. The highest BCUT2D eigenvalue weighted by atomic mass is 16.4. The van der Waals surface area contributed by atoms with Crippen LogP contribution in [-0.4, -0.2) is 16.9 Å². The summed E-state index contributed by atoms with van der Waals surface area (Å²) < 4.78 is 0. The molecule has 9 unspecified atom stereocenters. The van der Waals surface area contributed by atoms with E-state index >= 15 is 0 Å². The molecule has 4 nitrogen and oxygen atoms in total. The minimum atomic E-state index is -0.608. The van der Waals surface area contributed by atoms with Crippen molar-refractivity contribution in [2.75, 3.05) is 0 Å². The fraction of sp³-hybridized carbons (Fsp3) is 0.833. The van der Waals surface area contributed by atoms with Crippen LogP contribution in [0.2, 0.25) is 0 Å². The third-order valence-electron chi connectivity index (χ3n) is 12.6. The number of rotatable bonds is 1. The standard InChI is InChI=1S/C30H43NO3/c1-18-20-9-10-29(6)23(27(20,4)15-19(17-31)24(18)32)8-7-21-22-16-26(2,3)11-13-30(22,25(33)34)14-12-28(21,29)5/h7,18-20,22-23H,8-16H2,1-6H3,(H,33,34). The van der Waals surface area contributed by atoms with Gasteiger partial charge in [0.2, 0.25) is 0 Å². The number of carbonyl (C=O) groups excluding carboxylic acids is 1. The molecule has 0 aromatic rings. The molecule has 0 aromatic heterocycles. The Morgan fingerprint density at radius 3 is 2.38 bits per heavy atom. The van der Waals surface area contributed by atoms with E-state index in [2.05, 4.69) is 53.7 Å². The Morgan fingerprint density at radius 2 is 1.74 bits per heavy atom. The zero-order chi connectivity index (χ0) is 24.9. The van der Waals surface area contributed by atoms with Gasteiger partial charge >= 0.3 is 5.97 Å². The zero-order valence-corrected chi connectivity index (χ0v) is 22.0. The van der Waals surface area contributed by atoms with Crippen molar-refractivity contribution < 1.29 is 14.7 Å². The van der Waals surface area contributed by atoms with E-state index in [4.69, 9.17) is 0 Å². The summed E-state index contributed by atoms with van der Waals surface area (Å²) in [5.74, 6) is -0.0762. The van der Waals surface area contributed by atoms with E-state index in [-0.39, 0.29) is 39.3 Å². The molecule has 0 aromatic carbocycles. The van der Waals surface area contributed by atoms with Crippen LogP contribution >= 0.6 is 0 Å². The normalized spacial score (nSPS) is 51.6. The fourth-order valence-corrected chi connectivity index (χ4v) is 10.3. The minimum Gasteiger partial charge on any atom is -0.481 e. The van der Waals surface area contributed by atoms with E-state index in [9.17, 15) is 20.0 Å². The Hall–Kier alpha value is -1.63. The Kier molecular flexibility index (Phi) is 5.10. The third-order valence-corrected chi connectivity index (χ3v) is 12.6. The number of nitrogens with zero attached hydrogens (tertiary/aromatic N) is 1. The molecular weight excluding hydrogens is 422 g/mol. The van der Waals surface area contributed by atoms with Crippen LogP contribution in [0.4, 0.5) is 0 Å². The summed E-state index contributed by atoms with van der Waals surface area (Å²) in [4.78, 5) is 25.7. The van der Waals surface area contributed by atoms with Gasteiger partial charge in [0.1, 0.15) is 5.92 Å². The monoisotopic (exact) mass is 465 g/mol. The van der Waals surface area contributed by atoms with Gasteiger partial charge in [-0.3, -0.25) is 9.59 Å². The number of Topliss-reactive ketones (excluding diaryl/α,β-unsaturated/α-hetero) is 1. The number of carbonyl (C=O) groups is 2. The molecule has 186 valence electrons. The minimum absolute atomic E-state index is 0.0201. The van der Waals surface area contributed by atoms with Crippen molar-refractivity contribution in [3.63, 3.8) is 0 Å². The van der Waals surface area contributed by atoms with Gasteiger partial charge in [-0.2, -0.15) is 5.26 Å². The van der Waals surface area contributed by atoms with Gasteiger partial charge in [-0.05, 0) is 97.2 Å². The van der Waals surface area contributed by atoms with Gasteiger partial charge in [0.05, 0.1) is 11.5 Å². The molecule has 0 heterocycles. The van der Waals surface area contributed by atoms with Crippen LogP contribution in [0.5, 0.6) is 0 Å². The van der Waals surface area contributed by atoms with Crippen LogP contribution < -0.4 is 0 Å². The van der Waals surface area contributed by atoms with Gasteiger partial charge in [0.15, 0.2) is 5.78 Å². The number of carboxylic acid groups (broad SMARTS) is 1. The Bertz CT molecular complexity index is 1010. The summed E-state index contributed by atoms with van der Waals surface area (Å²) in [6.07, 6.45) is 10.7. The molecule has 5 aliphatic carbocycles. The number of carboxylic acids is 1. The van der Waals surface area contributed by atoms with Crippen molar-refractivity contribution in [3.8, 4) is 6.07 Å². The maximum absolute atomic E-state index is 12.9. The summed E-state index contributed by atoms with van der Waals surface area (Å²) >= 11 is 0. The number of hydrogen-bond acceptors (Lipinski definition) is 3. The van der Waals surface area contributed by atoms with Gasteiger partial charge in [0, 0.05) is 5.92 Å². The second kappa shape index (κ2) is 7.21. The van der Waals surface area contributed by atoms with Crippen molar-refractivity contribution in [1.82, 2.24) is 0 Å². The number of ketones is 1. The van der Waals surface area contributed by atoms with E-state index in [0.29, 0.717) is 18.3 Å². The first-order valence-corrected chi connectivity index (χ1v) is 13.6. The molecule has 4 fully saturated rings. The fourth-order valence-electron chi connectivity index (χ4n) is 10.3. The molecule has 4 heteroatoms. The van der Waals surface area contributed by atoms with E-state index in [1.807, 2.05) is 0 Å². The quantitative estimate of drug-likeness (QED) is 0.432. The van der Waals surface area contributed by atoms with Crippen molar-refractivity contribution in [2.24, 2.45) is 56.7 Å². The molecule has 5 aliphatic rings. The number of hydrogen-bond donors (Lipinski definition) is 1. The highest BCUT2D eigenvalue weighted by molar-refractivity contribution is 5.86. The number of aliphatic carboxylic acids is 1. The first kappa shape index (κ1) is 24.1. The summed E-state index contributed by atoms with van der Waals surface area (Å²) in [6, 6.07) is 2.35. The van der Waals surface area contributed by atoms with Crippen LogP contribution in [0.3, 0.4) is 0 Å². The topological polar surface area (TPSA) is 78.2 Å². The predicted molar refractivity (Wildman–Crippen MR) is 132 cm³/mol. The van der Waals surface area contributed by atoms with E-state index in [1.165, 1.54) is 5.57 Å². The summed E-state index contributed by atoms with van der Waals surface area (Å²) in [5, 5.41) is 20.3. The van der Waals surface area contributed by atoms with Gasteiger partial charge in [-0.15, -0.1) is 0 Å². The maximum atomic E-state index is 12.9. The second-order valence-corrected chi connectivity index (χ2v) is 14.3. The lowest BCUT2D eigenvalue weighted by atomic mass is 9.34. The summed E-state index contributed by atoms with van der Waals surface area (Å²) in [6.45, 7) is 14.0. The van der Waals surface area contributed by atoms with Crippen LogP contribution in [0.15, 0.2) is 11.6 Å². The average Bonchev–Trinajstić information content (AvgIpc) is 2.76. The van der Waals surface area contributed by atoms with E-state index < -0.39 is 17.3 Å². The molecule has 0 saturated heterocycles. The molecule has 0 spiro atoms. The van der Waals surface area contributed by atoms with Crippen molar-refractivity contribution in [3.05, 3.63) is 11.6 Å². The number of nitriles is 1. The van der Waals surface area contributed by atoms with Crippen molar-refractivity contribution >= 4 is 11.8 Å². The first-order valence-electron chi connectivity index (χ1n) is 13.6. The summed E-state index contributed by atoms with van der Waals surface area (Å²) in [5.41, 5.74) is 1.01. The molecule has 5 rings (SSSR count). The molecule has 0 bridgehead atoms. The van der Waals surface area contributed by atoms with Gasteiger partial charge < -0.3 is 5.11 Å². The lowest BCUT2D eigenvalue weighted by Crippen LogP contribution is -2.64. The molecule has 4 saturated carbocycles. The predicted octanol–water partition coefficient (Wildman–Crippen LogP) is 6.80. The van der Waals surface area contributed by atoms with E-state index in [0.717, 1.165) is 51.4 Å². The Labute approximate surface area is 205 Å². The van der Waals surface area contributed by atoms with Crippen LogP contribution in [0.1, 0.15) is 99.3 Å². The number of allylic oxidation sites excluding steroid dienone is 2. The zero-order valence-electron chi connectivity index (χ0n) is 22.0. The molecule has 1 N–H and O–H groups in total. The van der Waals surface area contributed by atoms with Crippen LogP contribution in [0.25, 0.3) is 0 Å². The highest BCUT2D eigenvalue weighted by Gasteiger charge is 2.68. The van der Waals surface area contributed by atoms with Gasteiger partial charge in [0.25, 0.3) is 0 Å². The molecule has 0 radical (unpaired) electrons. The highest BCUT2D eigenvalue weighted by Crippen LogP contribution is 2.74. The van der Waals surface area contributed by atoms with Crippen molar-refractivity contribution in [2.45, 2.75) is 99.3 Å². The Balaban J connectivity index is 1.60. The third kappa shape index (κ3) is 2.82. The SMILES string of the molecule is CC1C(=O)C(C#N)CC2(C)C1CCC1(C)C2CC=C2C3CC(C)(C)CCC3(C(=O)O)CCC21C. The van der Waals surface area contributed by atoms with Crippen LogP contribution in [-0.2, 0) is 9.59 Å². The van der Waals surface area contributed by atoms with Gasteiger partial charge in [-0.1, -0.05) is 53.2 Å². The maximum Gasteiger partial charge on any atom is 0.310 e. The smallest absolute Gasteiger partial charge is 0.310 e. The van der Waals surface area contributed by atoms with E-state index in [1.54, 1.807) is 0 Å². The largest absolute Gasteiger partial charge is 0.481 e. The van der Waals surface area contributed by atoms with Gasteiger partial charge in [-0.25, -0.2) is 0 Å². The lowest BCUT2D eigenvalue weighted by Gasteiger charge is -2.69. The molecule has 9 atom stereocenters. The van der Waals surface area contributed by atoms with Crippen LogP contribution in [0, 0.1) is 68.0 Å². The van der Waals surface area contributed by atoms with Crippen molar-refractivity contribution in [1.29, 1.82) is 5.26 Å². The second-order valence-electron chi connectivity index (χ2n) is 14.3. The summed E-state index contributed by atoms with van der Waals surface area (Å²) in [7, 11) is 0. The molecule has 0 amide bonds. The number of fused-ring (bicyclic) bond motifs is 7. The molecular formula is C30H43NO3.